The maximum atomic E-state index is 6.03. The van der Waals surface area contributed by atoms with Gasteiger partial charge in [0, 0.05) is 22.2 Å². The van der Waals surface area contributed by atoms with Crippen molar-refractivity contribution in [2.45, 2.75) is 38.8 Å². The van der Waals surface area contributed by atoms with Crippen molar-refractivity contribution < 1.29 is 0 Å². The van der Waals surface area contributed by atoms with E-state index < -0.39 is 0 Å². The molecule has 0 spiro atoms. The lowest BCUT2D eigenvalue weighted by atomic mass is 10.0. The molecule has 1 heterocycles. The van der Waals surface area contributed by atoms with Gasteiger partial charge in [-0.2, -0.15) is 0 Å². The van der Waals surface area contributed by atoms with E-state index in [9.17, 15) is 0 Å². The number of hydrogen-bond acceptors (Lipinski definition) is 2. The second-order valence-corrected chi connectivity index (χ2v) is 6.10. The monoisotopic (exact) mass is 282 g/mol. The fourth-order valence-electron chi connectivity index (χ4n) is 2.37. The molecule has 0 radical (unpaired) electrons. The van der Waals surface area contributed by atoms with Gasteiger partial charge in [-0.3, -0.25) is 4.90 Å². The molecule has 0 saturated carbocycles. The molecule has 1 saturated heterocycles. The van der Waals surface area contributed by atoms with Crippen molar-refractivity contribution in [1.82, 2.24) is 4.90 Å². The Hall–Kier alpha value is -0.540. The highest BCUT2D eigenvalue weighted by atomic mass is 79.9. The Morgan fingerprint density at radius 2 is 2.19 bits per heavy atom. The van der Waals surface area contributed by atoms with Gasteiger partial charge in [-0.1, -0.05) is 22.0 Å². The van der Waals surface area contributed by atoms with Gasteiger partial charge in [0.2, 0.25) is 0 Å². The van der Waals surface area contributed by atoms with Crippen LogP contribution in [0, 0.1) is 0 Å². The summed E-state index contributed by atoms with van der Waals surface area (Å²) >= 11 is 3.44. The van der Waals surface area contributed by atoms with Crippen LogP contribution in [-0.2, 0) is 6.54 Å². The highest BCUT2D eigenvalue weighted by Gasteiger charge is 2.31. The van der Waals surface area contributed by atoms with Crippen LogP contribution in [0.4, 0.5) is 5.69 Å². The van der Waals surface area contributed by atoms with Crippen molar-refractivity contribution >= 4 is 21.6 Å². The molecule has 1 aliphatic heterocycles. The maximum Gasteiger partial charge on any atom is 0.0371 e. The molecular weight excluding hydrogens is 264 g/mol. The van der Waals surface area contributed by atoms with Crippen molar-refractivity contribution in [3.05, 3.63) is 28.2 Å². The molecule has 2 nitrogen and oxygen atoms in total. The first-order valence-electron chi connectivity index (χ1n) is 5.78. The van der Waals surface area contributed by atoms with Crippen molar-refractivity contribution in [3.63, 3.8) is 0 Å². The Morgan fingerprint density at radius 3 is 2.75 bits per heavy atom. The minimum atomic E-state index is 0.319. The lowest BCUT2D eigenvalue weighted by molar-refractivity contribution is 0.167. The van der Waals surface area contributed by atoms with E-state index in [2.05, 4.69) is 46.8 Å². The molecule has 0 unspecified atom stereocenters. The summed E-state index contributed by atoms with van der Waals surface area (Å²) in [6.45, 7) is 6.78. The zero-order valence-electron chi connectivity index (χ0n) is 9.96. The number of nitrogens with two attached hydrogens (primary N) is 1. The Bertz CT molecular complexity index is 388. The number of halogens is 1. The largest absolute Gasteiger partial charge is 0.398 e. The molecule has 3 heteroatoms. The summed E-state index contributed by atoms with van der Waals surface area (Å²) in [6, 6.07) is 6.17. The average molecular weight is 283 g/mol. The lowest BCUT2D eigenvalue weighted by Crippen LogP contribution is -2.37. The molecule has 2 N–H and O–H groups in total. The lowest BCUT2D eigenvalue weighted by Gasteiger charge is -2.31. The summed E-state index contributed by atoms with van der Waals surface area (Å²) in [6.07, 6.45) is 2.58. The Balaban J connectivity index is 2.15. The summed E-state index contributed by atoms with van der Waals surface area (Å²) in [5, 5.41) is 0. The Kier molecular flexibility index (Phi) is 3.27. The first kappa shape index (κ1) is 11.9. The number of hydrogen-bond donors (Lipinski definition) is 1. The van der Waals surface area contributed by atoms with Gasteiger partial charge in [-0.15, -0.1) is 0 Å². The molecule has 1 aliphatic rings. The molecular formula is C13H19BrN2. The van der Waals surface area contributed by atoms with E-state index in [4.69, 9.17) is 5.73 Å². The number of nitrogens with zero attached hydrogens (tertiary/aromatic N) is 1. The van der Waals surface area contributed by atoms with Crippen LogP contribution in [0.25, 0.3) is 0 Å². The van der Waals surface area contributed by atoms with E-state index in [1.807, 2.05) is 6.07 Å². The van der Waals surface area contributed by atoms with Gasteiger partial charge in [0.1, 0.15) is 0 Å². The number of anilines is 1. The van der Waals surface area contributed by atoms with Crippen molar-refractivity contribution in [1.29, 1.82) is 0 Å². The van der Waals surface area contributed by atoms with E-state index >= 15 is 0 Å². The number of nitrogen functional groups attached to an aromatic ring is 1. The van der Waals surface area contributed by atoms with Crippen LogP contribution in [0.3, 0.4) is 0 Å². The van der Waals surface area contributed by atoms with Gasteiger partial charge >= 0.3 is 0 Å². The third-order valence-corrected chi connectivity index (χ3v) is 4.04. The van der Waals surface area contributed by atoms with Crippen LogP contribution in [0.1, 0.15) is 32.3 Å². The van der Waals surface area contributed by atoms with Gasteiger partial charge in [-0.25, -0.2) is 0 Å². The van der Waals surface area contributed by atoms with E-state index in [1.165, 1.54) is 24.9 Å². The number of benzene rings is 1. The third kappa shape index (κ3) is 2.41. The predicted molar refractivity (Wildman–Crippen MR) is 72.3 cm³/mol. The fourth-order valence-corrected chi connectivity index (χ4v) is 2.75. The molecule has 1 aromatic rings. The Labute approximate surface area is 106 Å². The van der Waals surface area contributed by atoms with Crippen molar-refractivity contribution in [2.75, 3.05) is 12.3 Å². The van der Waals surface area contributed by atoms with Gasteiger partial charge in [0.25, 0.3) is 0 Å². The average Bonchev–Trinajstić information content (AvgIpc) is 2.50. The summed E-state index contributed by atoms with van der Waals surface area (Å²) in [5.74, 6) is 0. The van der Waals surface area contributed by atoms with Gasteiger partial charge < -0.3 is 5.73 Å². The smallest absolute Gasteiger partial charge is 0.0371 e. The van der Waals surface area contributed by atoms with Crippen LogP contribution in [0.15, 0.2) is 22.7 Å². The Morgan fingerprint density at radius 1 is 1.44 bits per heavy atom. The number of rotatable bonds is 2. The normalized spacial score (nSPS) is 20.2. The van der Waals surface area contributed by atoms with Gasteiger partial charge in [0.15, 0.2) is 0 Å². The van der Waals surface area contributed by atoms with Gasteiger partial charge in [-0.05, 0) is 50.9 Å². The first-order chi connectivity index (χ1) is 7.49. The molecule has 1 aromatic carbocycles. The van der Waals surface area contributed by atoms with E-state index in [0.717, 1.165) is 16.7 Å². The minimum absolute atomic E-state index is 0.319. The highest BCUT2D eigenvalue weighted by molar-refractivity contribution is 9.10. The fraction of sp³-hybridized carbons (Fsp3) is 0.538. The SMILES string of the molecule is CC1(C)CCCN1Cc1ccc(Br)cc1N. The quantitative estimate of drug-likeness (QED) is 0.843. The van der Waals surface area contributed by atoms with Crippen LogP contribution in [0.2, 0.25) is 0 Å². The van der Waals surface area contributed by atoms with E-state index in [0.29, 0.717) is 5.54 Å². The first-order valence-corrected chi connectivity index (χ1v) is 6.57. The molecule has 1 fully saturated rings. The molecule has 0 atom stereocenters. The molecule has 2 rings (SSSR count). The maximum absolute atomic E-state index is 6.03. The standard InChI is InChI=1S/C13H19BrN2/c1-13(2)6-3-7-16(13)9-10-4-5-11(14)8-12(10)15/h4-5,8H,3,6-7,9,15H2,1-2H3. The van der Waals surface area contributed by atoms with Crippen molar-refractivity contribution in [2.24, 2.45) is 0 Å². The van der Waals surface area contributed by atoms with Crippen LogP contribution >= 0.6 is 15.9 Å². The molecule has 16 heavy (non-hydrogen) atoms. The third-order valence-electron chi connectivity index (χ3n) is 3.54. The molecule has 0 amide bonds. The topological polar surface area (TPSA) is 29.3 Å². The number of likely N-dealkylation sites (tertiary alicyclic amines) is 1. The van der Waals surface area contributed by atoms with Crippen molar-refractivity contribution in [3.8, 4) is 0 Å². The van der Waals surface area contributed by atoms with Crippen LogP contribution < -0.4 is 5.73 Å². The zero-order valence-corrected chi connectivity index (χ0v) is 11.5. The summed E-state index contributed by atoms with van der Waals surface area (Å²) in [4.78, 5) is 2.52. The predicted octanol–water partition coefficient (Wildman–Crippen LogP) is 3.41. The summed E-state index contributed by atoms with van der Waals surface area (Å²) in [7, 11) is 0. The van der Waals surface area contributed by atoms with Gasteiger partial charge in [0.05, 0.1) is 0 Å². The zero-order chi connectivity index (χ0) is 11.8. The summed E-state index contributed by atoms with van der Waals surface area (Å²) in [5.41, 5.74) is 8.47. The summed E-state index contributed by atoms with van der Waals surface area (Å²) < 4.78 is 1.05. The van der Waals surface area contributed by atoms with Crippen LogP contribution in [0.5, 0.6) is 0 Å². The molecule has 0 aromatic heterocycles. The highest BCUT2D eigenvalue weighted by Crippen LogP contribution is 2.31. The minimum Gasteiger partial charge on any atom is -0.398 e. The molecule has 88 valence electrons. The molecule has 0 aliphatic carbocycles. The van der Waals surface area contributed by atoms with E-state index in [-0.39, 0.29) is 0 Å². The second kappa shape index (κ2) is 4.38. The second-order valence-electron chi connectivity index (χ2n) is 5.18. The van der Waals surface area contributed by atoms with Crippen LogP contribution in [-0.4, -0.2) is 17.0 Å². The van der Waals surface area contributed by atoms with E-state index in [1.54, 1.807) is 0 Å². The molecule has 0 bridgehead atoms.